The first kappa shape index (κ1) is 18.9. The van der Waals surface area contributed by atoms with Gasteiger partial charge in [0.1, 0.15) is 6.54 Å². The zero-order chi connectivity index (χ0) is 19.1. The molecular weight excluding hydrogens is 367 g/mol. The molecule has 0 N–H and O–H groups in total. The average molecular weight is 387 g/mol. The molecule has 0 aliphatic heterocycles. The van der Waals surface area contributed by atoms with Gasteiger partial charge in [0.2, 0.25) is 11.1 Å². The molecule has 2 aromatic heterocycles. The molecule has 26 heavy (non-hydrogen) atoms. The third-order valence-corrected chi connectivity index (χ3v) is 5.21. The second kappa shape index (κ2) is 7.05. The molecule has 1 fully saturated rings. The Hall–Kier alpha value is -1.84. The monoisotopic (exact) mass is 387 g/mol. The molecule has 0 saturated heterocycles. The first-order valence-corrected chi connectivity index (χ1v) is 9.32. The van der Waals surface area contributed by atoms with Gasteiger partial charge in [-0.15, -0.1) is 5.10 Å². The van der Waals surface area contributed by atoms with Gasteiger partial charge >= 0.3 is 6.18 Å². The van der Waals surface area contributed by atoms with Crippen molar-refractivity contribution >= 4 is 23.4 Å². The van der Waals surface area contributed by atoms with E-state index >= 15 is 0 Å². The lowest BCUT2D eigenvalue weighted by Crippen LogP contribution is -2.46. The summed E-state index contributed by atoms with van der Waals surface area (Å²) in [4.78, 5) is 21.9. The summed E-state index contributed by atoms with van der Waals surface area (Å²) >= 11 is 1.03. The molecule has 6 nitrogen and oxygen atoms in total. The van der Waals surface area contributed by atoms with Gasteiger partial charge in [0.05, 0.1) is 5.75 Å². The zero-order valence-corrected chi connectivity index (χ0v) is 15.6. The topological polar surface area (TPSA) is 63.4 Å². The summed E-state index contributed by atoms with van der Waals surface area (Å²) in [6.45, 7) is 4.17. The summed E-state index contributed by atoms with van der Waals surface area (Å²) in [6.07, 6.45) is -2.67. The third-order valence-electron chi connectivity index (χ3n) is 4.39. The molecule has 10 heteroatoms. The fraction of sp³-hybridized carbons (Fsp3) is 0.625. The Labute approximate surface area is 153 Å². The van der Waals surface area contributed by atoms with Gasteiger partial charge in [-0.1, -0.05) is 11.8 Å². The van der Waals surface area contributed by atoms with E-state index in [2.05, 4.69) is 15.1 Å². The number of thioether (sulfide) groups is 1. The fourth-order valence-corrected chi connectivity index (χ4v) is 3.61. The van der Waals surface area contributed by atoms with Gasteiger partial charge in [-0.3, -0.25) is 4.79 Å². The maximum absolute atomic E-state index is 12.9. The highest BCUT2D eigenvalue weighted by Crippen LogP contribution is 2.36. The quantitative estimate of drug-likeness (QED) is 0.713. The van der Waals surface area contributed by atoms with E-state index in [-0.39, 0.29) is 11.7 Å². The predicted octanol–water partition coefficient (Wildman–Crippen LogP) is 3.02. The number of carbonyl (C=O) groups excluding carboxylic acids is 1. The Balaban J connectivity index is 1.70. The van der Waals surface area contributed by atoms with Crippen LogP contribution in [0.2, 0.25) is 0 Å². The highest BCUT2D eigenvalue weighted by molar-refractivity contribution is 7.99. The number of aromatic nitrogens is 4. The van der Waals surface area contributed by atoms with Gasteiger partial charge < -0.3 is 4.90 Å². The summed E-state index contributed by atoms with van der Waals surface area (Å²) in [6, 6.07) is 1.44. The molecule has 0 unspecified atom stereocenters. The normalized spacial score (nSPS) is 16.1. The first-order valence-electron chi connectivity index (χ1n) is 8.34. The summed E-state index contributed by atoms with van der Waals surface area (Å²) in [7, 11) is 0. The number of hydrogen-bond acceptors (Lipinski definition) is 5. The van der Waals surface area contributed by atoms with E-state index in [4.69, 9.17) is 0 Å². The Morgan fingerprint density at radius 1 is 1.38 bits per heavy atom. The van der Waals surface area contributed by atoms with Gasteiger partial charge in [0.15, 0.2) is 0 Å². The molecule has 1 aliphatic rings. The summed E-state index contributed by atoms with van der Waals surface area (Å²) in [5.41, 5.74) is 1.64. The minimum Gasteiger partial charge on any atom is -0.330 e. The molecule has 1 aliphatic carbocycles. The number of rotatable bonds is 6. The van der Waals surface area contributed by atoms with E-state index in [1.165, 1.54) is 0 Å². The van der Waals surface area contributed by atoms with Gasteiger partial charge in [0.25, 0.3) is 5.78 Å². The standard InChI is InChI=1S/C16H20F3N5OS/c1-9-6-10(2)24-14(20-9)21-15(22-24)26-7-13(25)23(8-16(17,18)19)11(3)12-4-5-12/h6,11-12H,4-5,7-8H2,1-3H3/t11-/m1/s1. The molecule has 0 spiro atoms. The van der Waals surface area contributed by atoms with E-state index in [1.54, 1.807) is 11.4 Å². The van der Waals surface area contributed by atoms with Crippen molar-refractivity contribution in [2.75, 3.05) is 12.3 Å². The van der Waals surface area contributed by atoms with Crippen molar-refractivity contribution in [3.63, 3.8) is 0 Å². The zero-order valence-electron chi connectivity index (χ0n) is 14.7. The Morgan fingerprint density at radius 2 is 2.08 bits per heavy atom. The van der Waals surface area contributed by atoms with Crippen LogP contribution < -0.4 is 0 Å². The van der Waals surface area contributed by atoms with Crippen molar-refractivity contribution in [1.82, 2.24) is 24.5 Å². The molecule has 142 valence electrons. The second-order valence-corrected chi connectivity index (χ2v) is 7.59. The number of aryl methyl sites for hydroxylation is 2. The van der Waals surface area contributed by atoms with Gasteiger partial charge in [-0.05, 0) is 45.6 Å². The molecule has 2 heterocycles. The molecular formula is C16H20F3N5OS. The van der Waals surface area contributed by atoms with Crippen LogP contribution in [0.25, 0.3) is 5.78 Å². The van der Waals surface area contributed by atoms with Crippen molar-refractivity contribution in [1.29, 1.82) is 0 Å². The van der Waals surface area contributed by atoms with Crippen molar-refractivity contribution in [2.45, 2.75) is 51.0 Å². The third kappa shape index (κ3) is 4.46. The largest absolute Gasteiger partial charge is 0.406 e. The Morgan fingerprint density at radius 3 is 2.69 bits per heavy atom. The molecule has 1 amide bonds. The first-order chi connectivity index (χ1) is 12.1. The van der Waals surface area contributed by atoms with Crippen LogP contribution >= 0.6 is 11.8 Å². The SMILES string of the molecule is Cc1cc(C)n2nc(SCC(=O)N(CC(F)(F)F)[C@H](C)C3CC3)nc2n1. The van der Waals surface area contributed by atoms with E-state index in [1.807, 2.05) is 19.9 Å². The van der Waals surface area contributed by atoms with Crippen LogP contribution in [-0.4, -0.2) is 54.9 Å². The molecule has 1 atom stereocenters. The van der Waals surface area contributed by atoms with Crippen LogP contribution in [0.4, 0.5) is 13.2 Å². The van der Waals surface area contributed by atoms with Gasteiger partial charge in [-0.25, -0.2) is 9.50 Å². The highest BCUT2D eigenvalue weighted by Gasteiger charge is 2.40. The Kier molecular flexibility index (Phi) is 5.14. The fourth-order valence-electron chi connectivity index (χ4n) is 2.90. The van der Waals surface area contributed by atoms with Crippen molar-refractivity contribution in [2.24, 2.45) is 5.92 Å². The lowest BCUT2D eigenvalue weighted by Gasteiger charge is -2.30. The lowest BCUT2D eigenvalue weighted by atomic mass is 10.2. The molecule has 0 aromatic carbocycles. The van der Waals surface area contributed by atoms with Gasteiger partial charge in [-0.2, -0.15) is 18.2 Å². The maximum Gasteiger partial charge on any atom is 0.406 e. The molecule has 1 saturated carbocycles. The smallest absolute Gasteiger partial charge is 0.330 e. The maximum atomic E-state index is 12.9. The number of nitrogens with zero attached hydrogens (tertiary/aromatic N) is 5. The predicted molar refractivity (Wildman–Crippen MR) is 90.9 cm³/mol. The van der Waals surface area contributed by atoms with E-state index < -0.39 is 24.7 Å². The molecule has 3 rings (SSSR count). The number of carbonyl (C=O) groups is 1. The van der Waals surface area contributed by atoms with Crippen molar-refractivity contribution < 1.29 is 18.0 Å². The van der Waals surface area contributed by atoms with Crippen molar-refractivity contribution in [3.05, 3.63) is 17.5 Å². The van der Waals surface area contributed by atoms with Gasteiger partial charge in [0, 0.05) is 17.4 Å². The van der Waals surface area contributed by atoms with Crippen LogP contribution in [-0.2, 0) is 4.79 Å². The van der Waals surface area contributed by atoms with E-state index in [0.29, 0.717) is 10.9 Å². The van der Waals surface area contributed by atoms with Crippen LogP contribution in [0.5, 0.6) is 0 Å². The van der Waals surface area contributed by atoms with E-state index in [9.17, 15) is 18.0 Å². The highest BCUT2D eigenvalue weighted by atomic mass is 32.2. The van der Waals surface area contributed by atoms with Crippen molar-refractivity contribution in [3.8, 4) is 0 Å². The lowest BCUT2D eigenvalue weighted by molar-refractivity contribution is -0.164. The van der Waals surface area contributed by atoms with Crippen LogP contribution in [0.1, 0.15) is 31.2 Å². The number of fused-ring (bicyclic) bond motifs is 1. The molecule has 0 radical (unpaired) electrons. The van der Waals surface area contributed by atoms with Crippen LogP contribution in [0.15, 0.2) is 11.2 Å². The minimum atomic E-state index is -4.41. The number of hydrogen-bond donors (Lipinski definition) is 0. The Bertz CT molecular complexity index is 818. The number of alkyl halides is 3. The average Bonchev–Trinajstić information content (AvgIpc) is 3.29. The van der Waals surface area contributed by atoms with E-state index in [0.717, 1.165) is 40.9 Å². The van der Waals surface area contributed by atoms with Crippen LogP contribution in [0.3, 0.4) is 0 Å². The molecule has 2 aromatic rings. The summed E-state index contributed by atoms with van der Waals surface area (Å²) < 4.78 is 40.1. The summed E-state index contributed by atoms with van der Waals surface area (Å²) in [5.74, 6) is -0.112. The molecule has 0 bridgehead atoms. The van der Waals surface area contributed by atoms with Crippen LogP contribution in [0, 0.1) is 19.8 Å². The number of amides is 1. The second-order valence-electron chi connectivity index (χ2n) is 6.65. The minimum absolute atomic E-state index is 0.137. The summed E-state index contributed by atoms with van der Waals surface area (Å²) in [5, 5.41) is 4.59. The number of halogens is 3.